The number of fused-ring (bicyclic) bond motifs is 2. The van der Waals surface area contributed by atoms with Crippen LogP contribution < -0.4 is 5.32 Å². The van der Waals surface area contributed by atoms with Gasteiger partial charge in [0.2, 0.25) is 0 Å². The van der Waals surface area contributed by atoms with E-state index >= 15 is 0 Å². The maximum absolute atomic E-state index is 11.8. The highest BCUT2D eigenvalue weighted by atomic mass is 16.6. The van der Waals surface area contributed by atoms with Crippen molar-refractivity contribution in [1.29, 1.82) is 0 Å². The van der Waals surface area contributed by atoms with Crippen molar-refractivity contribution >= 4 is 5.97 Å². The summed E-state index contributed by atoms with van der Waals surface area (Å²) in [5.41, 5.74) is 0. The van der Waals surface area contributed by atoms with Crippen LogP contribution in [0.4, 0.5) is 0 Å². The first-order valence-electron chi connectivity index (χ1n) is 6.81. The second-order valence-electron chi connectivity index (χ2n) is 5.02. The first-order valence-corrected chi connectivity index (χ1v) is 6.81. The van der Waals surface area contributed by atoms with Gasteiger partial charge in [-0.25, -0.2) is 0 Å². The molecule has 0 aromatic heterocycles. The van der Waals surface area contributed by atoms with Gasteiger partial charge >= 0.3 is 5.97 Å². The Morgan fingerprint density at radius 2 is 2.18 bits per heavy atom. The summed E-state index contributed by atoms with van der Waals surface area (Å²) in [4.78, 5) is 11.8. The summed E-state index contributed by atoms with van der Waals surface area (Å²) in [6, 6.07) is 0.923. The molecule has 3 atom stereocenters. The van der Waals surface area contributed by atoms with Crippen molar-refractivity contribution < 1.29 is 14.3 Å². The van der Waals surface area contributed by atoms with E-state index in [1.807, 2.05) is 0 Å². The molecule has 4 heteroatoms. The largest absolute Gasteiger partial charge is 0.463 e. The quantitative estimate of drug-likeness (QED) is 0.542. The number of carbonyl (C=O) groups is 1. The summed E-state index contributed by atoms with van der Waals surface area (Å²) in [6.07, 6.45) is 5.51. The fourth-order valence-corrected chi connectivity index (χ4v) is 2.74. The second-order valence-corrected chi connectivity index (χ2v) is 5.02. The van der Waals surface area contributed by atoms with E-state index in [2.05, 4.69) is 12.2 Å². The molecule has 17 heavy (non-hydrogen) atoms. The highest BCUT2D eigenvalue weighted by molar-refractivity contribution is 5.74. The summed E-state index contributed by atoms with van der Waals surface area (Å²) in [6.45, 7) is 3.83. The van der Waals surface area contributed by atoms with Gasteiger partial charge in [0, 0.05) is 18.7 Å². The molecule has 0 saturated carbocycles. The Hall–Kier alpha value is -0.610. The molecule has 0 radical (unpaired) electrons. The fourth-order valence-electron chi connectivity index (χ4n) is 2.74. The Bertz CT molecular complexity index is 257. The smallest absolute Gasteiger partial charge is 0.310 e. The van der Waals surface area contributed by atoms with Crippen LogP contribution in [0.1, 0.15) is 39.0 Å². The molecule has 0 spiro atoms. The topological polar surface area (TPSA) is 47.6 Å². The Morgan fingerprint density at radius 1 is 1.29 bits per heavy atom. The molecule has 2 saturated heterocycles. The average Bonchev–Trinajstić information content (AvgIpc) is 2.95. The lowest BCUT2D eigenvalue weighted by Crippen LogP contribution is -2.30. The van der Waals surface area contributed by atoms with Crippen molar-refractivity contribution in [1.82, 2.24) is 5.32 Å². The van der Waals surface area contributed by atoms with Gasteiger partial charge in [0.1, 0.15) is 6.61 Å². The zero-order valence-corrected chi connectivity index (χ0v) is 10.6. The standard InChI is InChI=1S/C13H23NO3/c1-2-3-6-16-7-8-17-13(15)11-9-10-4-5-12(11)14-10/h10-12,14H,2-9H2,1H3. The maximum Gasteiger partial charge on any atom is 0.310 e. The maximum atomic E-state index is 11.8. The predicted octanol–water partition coefficient (Wildman–Crippen LogP) is 1.49. The van der Waals surface area contributed by atoms with E-state index < -0.39 is 0 Å². The van der Waals surface area contributed by atoms with Gasteiger partial charge in [-0.1, -0.05) is 13.3 Å². The third-order valence-corrected chi connectivity index (χ3v) is 3.72. The van der Waals surface area contributed by atoms with Gasteiger partial charge in [-0.05, 0) is 25.7 Å². The monoisotopic (exact) mass is 241 g/mol. The molecule has 0 aromatic carbocycles. The van der Waals surface area contributed by atoms with E-state index in [1.165, 1.54) is 6.42 Å². The SMILES string of the molecule is CCCCOCCOC(=O)C1CC2CCC1N2. The molecule has 0 aromatic rings. The zero-order chi connectivity index (χ0) is 12.1. The highest BCUT2D eigenvalue weighted by Crippen LogP contribution is 2.33. The van der Waals surface area contributed by atoms with Gasteiger partial charge in [-0.15, -0.1) is 0 Å². The molecule has 3 unspecified atom stereocenters. The first-order chi connectivity index (χ1) is 8.31. The first kappa shape index (κ1) is 12.8. The predicted molar refractivity (Wildman–Crippen MR) is 64.7 cm³/mol. The molecule has 98 valence electrons. The third kappa shape index (κ3) is 3.42. The molecule has 4 nitrogen and oxygen atoms in total. The molecule has 0 aliphatic carbocycles. The van der Waals surface area contributed by atoms with Gasteiger partial charge in [0.15, 0.2) is 0 Å². The summed E-state index contributed by atoms with van der Waals surface area (Å²) in [5.74, 6) is 0.0492. The number of unbranched alkanes of at least 4 members (excludes halogenated alkanes) is 1. The minimum Gasteiger partial charge on any atom is -0.463 e. The number of esters is 1. The minimum absolute atomic E-state index is 0.0382. The summed E-state index contributed by atoms with van der Waals surface area (Å²) >= 11 is 0. The van der Waals surface area contributed by atoms with Crippen molar-refractivity contribution in [2.24, 2.45) is 5.92 Å². The van der Waals surface area contributed by atoms with Crippen LogP contribution in [0.3, 0.4) is 0 Å². The Balaban J connectivity index is 1.55. The molecule has 2 aliphatic heterocycles. The molecule has 0 amide bonds. The molecule has 2 fully saturated rings. The summed E-state index contributed by atoms with van der Waals surface area (Å²) in [7, 11) is 0. The Morgan fingerprint density at radius 3 is 2.82 bits per heavy atom. The molecule has 1 N–H and O–H groups in total. The minimum atomic E-state index is -0.0382. The Labute approximate surface area is 103 Å². The normalized spacial score (nSPS) is 30.8. The van der Waals surface area contributed by atoms with Crippen LogP contribution in [0.2, 0.25) is 0 Å². The van der Waals surface area contributed by atoms with Gasteiger partial charge in [0.25, 0.3) is 0 Å². The molecule has 2 aliphatic rings. The van der Waals surface area contributed by atoms with Crippen LogP contribution in [0.15, 0.2) is 0 Å². The number of nitrogens with one attached hydrogen (secondary N) is 1. The van der Waals surface area contributed by atoms with Crippen molar-refractivity contribution in [2.75, 3.05) is 19.8 Å². The molecule has 2 heterocycles. The van der Waals surface area contributed by atoms with Crippen LogP contribution in [-0.2, 0) is 14.3 Å². The lowest BCUT2D eigenvalue weighted by atomic mass is 9.89. The van der Waals surface area contributed by atoms with Gasteiger partial charge in [-0.2, -0.15) is 0 Å². The molecule has 2 bridgehead atoms. The van der Waals surface area contributed by atoms with Crippen LogP contribution in [0.25, 0.3) is 0 Å². The number of hydrogen-bond acceptors (Lipinski definition) is 4. The van der Waals surface area contributed by atoms with E-state index in [9.17, 15) is 4.79 Å². The lowest BCUT2D eigenvalue weighted by molar-refractivity contribution is -0.150. The molecular formula is C13H23NO3. The van der Waals surface area contributed by atoms with E-state index in [0.29, 0.717) is 25.3 Å². The Kier molecular flexibility index (Phi) is 4.80. The van der Waals surface area contributed by atoms with Crippen LogP contribution in [0, 0.1) is 5.92 Å². The molecule has 2 rings (SSSR count). The van der Waals surface area contributed by atoms with Gasteiger partial charge < -0.3 is 14.8 Å². The van der Waals surface area contributed by atoms with Crippen molar-refractivity contribution in [2.45, 2.75) is 51.1 Å². The van der Waals surface area contributed by atoms with Crippen LogP contribution >= 0.6 is 0 Å². The second kappa shape index (κ2) is 6.36. The average molecular weight is 241 g/mol. The lowest BCUT2D eigenvalue weighted by Gasteiger charge is -2.18. The van der Waals surface area contributed by atoms with Crippen molar-refractivity contribution in [3.8, 4) is 0 Å². The van der Waals surface area contributed by atoms with Crippen molar-refractivity contribution in [3.63, 3.8) is 0 Å². The summed E-state index contributed by atoms with van der Waals surface area (Å²) < 4.78 is 10.6. The number of carbonyl (C=O) groups excluding carboxylic acids is 1. The third-order valence-electron chi connectivity index (χ3n) is 3.72. The highest BCUT2D eigenvalue weighted by Gasteiger charge is 2.43. The van der Waals surface area contributed by atoms with Gasteiger partial charge in [-0.3, -0.25) is 4.79 Å². The summed E-state index contributed by atoms with van der Waals surface area (Å²) in [5, 5.41) is 3.45. The van der Waals surface area contributed by atoms with E-state index in [1.54, 1.807) is 0 Å². The molecular weight excluding hydrogens is 218 g/mol. The van der Waals surface area contributed by atoms with Crippen molar-refractivity contribution in [3.05, 3.63) is 0 Å². The zero-order valence-electron chi connectivity index (χ0n) is 10.6. The van der Waals surface area contributed by atoms with Crippen LogP contribution in [0.5, 0.6) is 0 Å². The van der Waals surface area contributed by atoms with E-state index in [4.69, 9.17) is 9.47 Å². The van der Waals surface area contributed by atoms with Crippen LogP contribution in [-0.4, -0.2) is 37.9 Å². The van der Waals surface area contributed by atoms with E-state index in [-0.39, 0.29) is 11.9 Å². The van der Waals surface area contributed by atoms with E-state index in [0.717, 1.165) is 32.3 Å². The number of rotatable bonds is 7. The number of hydrogen-bond donors (Lipinski definition) is 1. The fraction of sp³-hybridized carbons (Fsp3) is 0.923. The van der Waals surface area contributed by atoms with Gasteiger partial charge in [0.05, 0.1) is 12.5 Å². The number of ether oxygens (including phenoxy) is 2.